The molecule has 0 aliphatic carbocycles. The summed E-state index contributed by atoms with van der Waals surface area (Å²) in [5.74, 6) is -0.390. The van der Waals surface area contributed by atoms with Gasteiger partial charge in [-0.3, -0.25) is 0 Å². The molecule has 0 saturated carbocycles. The lowest BCUT2D eigenvalue weighted by molar-refractivity contribution is -0.300. The summed E-state index contributed by atoms with van der Waals surface area (Å²) in [7, 11) is -14.1. The van der Waals surface area contributed by atoms with E-state index in [1.807, 2.05) is 0 Å². The highest BCUT2D eigenvalue weighted by molar-refractivity contribution is 8.04. The number of halogens is 6. The molecule has 0 radical (unpaired) electrons. The molecule has 0 spiro atoms. The summed E-state index contributed by atoms with van der Waals surface area (Å²) in [5.41, 5.74) is -15.9. The van der Waals surface area contributed by atoms with E-state index >= 15 is 0 Å². The lowest BCUT2D eigenvalue weighted by Crippen LogP contribution is -2.65. The molecule has 1 aliphatic rings. The van der Waals surface area contributed by atoms with Crippen LogP contribution in [-0.4, -0.2) is 42.5 Å². The summed E-state index contributed by atoms with van der Waals surface area (Å²) >= 11 is 0. The van der Waals surface area contributed by atoms with Crippen LogP contribution in [0.1, 0.15) is 13.8 Å². The van der Waals surface area contributed by atoms with Gasteiger partial charge in [0.1, 0.15) is 0 Å². The van der Waals surface area contributed by atoms with Crippen LogP contribution in [0.5, 0.6) is 11.5 Å². The van der Waals surface area contributed by atoms with E-state index in [0.717, 1.165) is 0 Å². The average molecular weight is 444 g/mol. The number of hydrogen-bond donors (Lipinski definition) is 0. The van der Waals surface area contributed by atoms with Crippen LogP contribution in [0, 0.1) is 0 Å². The summed E-state index contributed by atoms with van der Waals surface area (Å²) in [5, 5.41) is -0.0930. The smallest absolute Gasteiger partial charge is 0.365 e. The number of nitrogens with zero attached hydrogens (tertiary/aromatic N) is 2. The van der Waals surface area contributed by atoms with Crippen molar-refractivity contribution in [2.75, 3.05) is 0 Å². The molecular formula is C11H10F6N2O6S2. The summed E-state index contributed by atoms with van der Waals surface area (Å²) in [6, 6.07) is 5.14. The molecule has 0 N–H and O–H groups in total. The molecule has 0 fully saturated rings. The molecule has 1 aromatic rings. The first kappa shape index (κ1) is 21.5. The van der Waals surface area contributed by atoms with E-state index in [-0.39, 0.29) is 16.7 Å². The second kappa shape index (κ2) is 6.11. The number of sulfonamides is 2. The fourth-order valence-corrected chi connectivity index (χ4v) is 5.22. The fraction of sp³-hybridized carbons (Fsp3) is 0.455. The third-order valence-corrected chi connectivity index (χ3v) is 7.24. The number of fused-ring (bicyclic) bond motifs is 1. The lowest BCUT2D eigenvalue weighted by atomic mass is 10.3. The molecule has 16 heteroatoms. The molecule has 154 valence electrons. The predicted molar refractivity (Wildman–Crippen MR) is 75.4 cm³/mol. The standard InChI is InChI=1S/C11H10F6N2O6S2/c1-9(2,18-24-7-5-3-4-6-8(7)25-18)19(26(20,21)10(12,13)14)27(22,23)11(15,16)17/h3-6H,1-2H3. The fourth-order valence-electron chi connectivity index (χ4n) is 1.99. The molecule has 8 nitrogen and oxygen atoms in total. The van der Waals surface area contributed by atoms with Crippen molar-refractivity contribution in [2.24, 2.45) is 0 Å². The van der Waals surface area contributed by atoms with Gasteiger partial charge in [0.25, 0.3) is 0 Å². The average Bonchev–Trinajstić information content (AvgIpc) is 2.88. The van der Waals surface area contributed by atoms with Gasteiger partial charge >= 0.3 is 31.1 Å². The first-order valence-electron chi connectivity index (χ1n) is 6.62. The van der Waals surface area contributed by atoms with Gasteiger partial charge in [0.2, 0.25) is 0 Å². The molecular weight excluding hydrogens is 434 g/mol. The molecule has 0 bridgehead atoms. The highest BCUT2D eigenvalue weighted by atomic mass is 32.3. The summed E-state index contributed by atoms with van der Waals surface area (Å²) in [4.78, 5) is 9.75. The molecule has 0 amide bonds. The number of benzene rings is 1. The van der Waals surface area contributed by atoms with Crippen LogP contribution in [0.3, 0.4) is 0 Å². The molecule has 1 heterocycles. The molecule has 0 aromatic heterocycles. The molecule has 27 heavy (non-hydrogen) atoms. The summed E-state index contributed by atoms with van der Waals surface area (Å²) in [6.07, 6.45) is 0. The Hall–Kier alpha value is -1.78. The Morgan fingerprint density at radius 3 is 1.44 bits per heavy atom. The highest BCUT2D eigenvalue weighted by Gasteiger charge is 2.68. The Morgan fingerprint density at radius 2 is 1.15 bits per heavy atom. The maximum Gasteiger partial charge on any atom is 0.512 e. The third kappa shape index (κ3) is 3.41. The molecule has 0 saturated heterocycles. The largest absolute Gasteiger partial charge is 0.512 e. The van der Waals surface area contributed by atoms with Crippen molar-refractivity contribution in [3.8, 4) is 11.5 Å². The zero-order valence-electron chi connectivity index (χ0n) is 13.2. The van der Waals surface area contributed by atoms with Crippen molar-refractivity contribution < 1.29 is 52.9 Å². The quantitative estimate of drug-likeness (QED) is 0.658. The van der Waals surface area contributed by atoms with E-state index in [4.69, 9.17) is 9.68 Å². The minimum absolute atomic E-state index is 0.0930. The van der Waals surface area contributed by atoms with Crippen LogP contribution in [0.25, 0.3) is 0 Å². The summed E-state index contributed by atoms with van der Waals surface area (Å²) < 4.78 is 123. The second-order valence-corrected chi connectivity index (χ2v) is 9.27. The number of hydroxylamine groups is 2. The van der Waals surface area contributed by atoms with Crippen LogP contribution < -0.4 is 9.68 Å². The van der Waals surface area contributed by atoms with Gasteiger partial charge in [-0.25, -0.2) is 16.8 Å². The van der Waals surface area contributed by atoms with Crippen LogP contribution >= 0.6 is 0 Å². The van der Waals surface area contributed by atoms with Gasteiger partial charge in [-0.05, 0) is 26.0 Å². The molecule has 0 unspecified atom stereocenters. The lowest BCUT2D eigenvalue weighted by Gasteiger charge is -2.38. The minimum atomic E-state index is -7.04. The monoisotopic (exact) mass is 444 g/mol. The van der Waals surface area contributed by atoms with Crippen molar-refractivity contribution in [1.82, 2.24) is 8.94 Å². The van der Waals surface area contributed by atoms with Gasteiger partial charge in [0.05, 0.1) is 5.23 Å². The first-order valence-corrected chi connectivity index (χ1v) is 9.50. The van der Waals surface area contributed by atoms with Crippen molar-refractivity contribution in [1.29, 1.82) is 0 Å². The number of para-hydroxylation sites is 2. The van der Waals surface area contributed by atoms with Gasteiger partial charge in [-0.1, -0.05) is 15.8 Å². The molecule has 1 aromatic carbocycles. The van der Waals surface area contributed by atoms with Crippen molar-refractivity contribution >= 4 is 20.0 Å². The first-order chi connectivity index (χ1) is 11.9. The van der Waals surface area contributed by atoms with E-state index in [2.05, 4.69) is 0 Å². The van der Waals surface area contributed by atoms with Gasteiger partial charge in [0.15, 0.2) is 17.2 Å². The highest BCUT2D eigenvalue weighted by Crippen LogP contribution is 2.44. The van der Waals surface area contributed by atoms with Crippen molar-refractivity contribution in [2.45, 2.75) is 30.5 Å². The topological polar surface area (TPSA) is 93.2 Å². The van der Waals surface area contributed by atoms with E-state index in [1.54, 1.807) is 0 Å². The van der Waals surface area contributed by atoms with Crippen LogP contribution in [0.4, 0.5) is 26.3 Å². The zero-order valence-corrected chi connectivity index (χ0v) is 14.9. The van der Waals surface area contributed by atoms with Crippen LogP contribution in [0.2, 0.25) is 0 Å². The van der Waals surface area contributed by atoms with E-state index < -0.39 is 40.4 Å². The Morgan fingerprint density at radius 1 is 0.815 bits per heavy atom. The minimum Gasteiger partial charge on any atom is -0.365 e. The normalized spacial score (nSPS) is 16.8. The van der Waals surface area contributed by atoms with Gasteiger partial charge in [-0.15, -0.1) is 0 Å². The van der Waals surface area contributed by atoms with E-state index in [9.17, 15) is 43.2 Å². The SMILES string of the molecule is CC(C)(N1Oc2ccccc2O1)N(S(=O)(=O)C(F)(F)F)S(=O)(=O)C(F)(F)F. The Balaban J connectivity index is 2.65. The van der Waals surface area contributed by atoms with Crippen LogP contribution in [-0.2, 0) is 20.0 Å². The maximum atomic E-state index is 12.9. The molecule has 2 rings (SSSR count). The molecule has 1 aliphatic heterocycles. The van der Waals surface area contributed by atoms with Gasteiger partial charge in [0, 0.05) is 0 Å². The van der Waals surface area contributed by atoms with E-state index in [1.165, 1.54) is 24.3 Å². The Labute approximate surface area is 148 Å². The molecule has 0 atom stereocenters. The van der Waals surface area contributed by atoms with Crippen molar-refractivity contribution in [3.63, 3.8) is 0 Å². The Kier molecular flexibility index (Phi) is 4.87. The Bertz CT molecular complexity index is 872. The zero-order chi connectivity index (χ0) is 21.1. The number of alkyl halides is 6. The summed E-state index contributed by atoms with van der Waals surface area (Å²) in [6.45, 7) is 0.844. The third-order valence-electron chi connectivity index (χ3n) is 3.13. The number of rotatable bonds is 4. The van der Waals surface area contributed by atoms with Gasteiger partial charge in [-0.2, -0.15) is 26.3 Å². The number of hydrogen-bond acceptors (Lipinski definition) is 7. The maximum absolute atomic E-state index is 12.9. The predicted octanol–water partition coefficient (Wildman–Crippen LogP) is 2.33. The van der Waals surface area contributed by atoms with Crippen LogP contribution in [0.15, 0.2) is 24.3 Å². The van der Waals surface area contributed by atoms with E-state index in [0.29, 0.717) is 13.8 Å². The second-order valence-electron chi connectivity index (χ2n) is 5.48. The van der Waals surface area contributed by atoms with Crippen molar-refractivity contribution in [3.05, 3.63) is 24.3 Å². The van der Waals surface area contributed by atoms with Gasteiger partial charge < -0.3 is 9.68 Å².